The van der Waals surface area contributed by atoms with Crippen molar-refractivity contribution in [2.45, 2.75) is 12.7 Å². The summed E-state index contributed by atoms with van der Waals surface area (Å²) in [5.41, 5.74) is -0.695. The highest BCUT2D eigenvalue weighted by Gasteiger charge is 2.34. The Morgan fingerprint density at radius 3 is 2.39 bits per heavy atom. The molecule has 2 N–H and O–H groups in total. The van der Waals surface area contributed by atoms with Gasteiger partial charge in [-0.25, -0.2) is 9.37 Å². The maximum absolute atomic E-state index is 13.4. The zero-order chi connectivity index (χ0) is 20.3. The minimum Gasteiger partial charge on any atom is -0.350 e. The van der Waals surface area contributed by atoms with Gasteiger partial charge in [-0.15, -0.1) is 0 Å². The highest BCUT2D eigenvalue weighted by atomic mass is 35.5. The Balaban J connectivity index is 1.77. The number of hydrogen-bond donors (Lipinski definition) is 2. The fourth-order valence-corrected chi connectivity index (χ4v) is 2.40. The first-order valence-electron chi connectivity index (χ1n) is 7.60. The Kier molecular flexibility index (Phi) is 5.80. The largest absolute Gasteiger partial charge is 0.419 e. The number of benzene rings is 1. The van der Waals surface area contributed by atoms with Crippen LogP contribution in [0.25, 0.3) is 0 Å². The zero-order valence-electron chi connectivity index (χ0n) is 13.7. The van der Waals surface area contributed by atoms with Crippen LogP contribution in [0.5, 0.6) is 0 Å². The molecule has 0 bridgehead atoms. The Morgan fingerprint density at radius 1 is 0.964 bits per heavy atom. The molecule has 1 aromatic carbocycles. The number of pyridine rings is 1. The molecule has 0 unspecified atom stereocenters. The highest BCUT2D eigenvalue weighted by molar-refractivity contribution is 6.29. The molecule has 0 fully saturated rings. The lowest BCUT2D eigenvalue weighted by molar-refractivity contribution is -0.139. The van der Waals surface area contributed by atoms with Gasteiger partial charge >= 0.3 is 6.18 Å². The Morgan fingerprint density at radius 2 is 1.71 bits per heavy atom. The molecule has 0 amide bonds. The fourth-order valence-electron chi connectivity index (χ4n) is 2.13. The molecule has 0 saturated carbocycles. The number of halogens is 6. The van der Waals surface area contributed by atoms with Crippen LogP contribution in [0.4, 0.5) is 35.1 Å². The second-order valence-corrected chi connectivity index (χ2v) is 6.14. The van der Waals surface area contributed by atoms with Crippen molar-refractivity contribution in [3.63, 3.8) is 0 Å². The van der Waals surface area contributed by atoms with E-state index in [1.807, 2.05) is 0 Å². The van der Waals surface area contributed by atoms with Crippen LogP contribution in [0.1, 0.15) is 11.1 Å². The minimum atomic E-state index is -4.84. The first-order chi connectivity index (χ1) is 13.2. The van der Waals surface area contributed by atoms with Crippen LogP contribution in [0.15, 0.2) is 36.5 Å². The number of hydrogen-bond acceptors (Lipinski definition) is 6. The van der Waals surface area contributed by atoms with Crippen molar-refractivity contribution >= 4 is 40.8 Å². The molecule has 0 radical (unpaired) electrons. The molecule has 0 atom stereocenters. The second kappa shape index (κ2) is 8.11. The molecule has 0 saturated heterocycles. The van der Waals surface area contributed by atoms with Crippen molar-refractivity contribution in [3.8, 4) is 0 Å². The van der Waals surface area contributed by atoms with Crippen LogP contribution in [0.3, 0.4) is 0 Å². The third-order valence-electron chi connectivity index (χ3n) is 3.38. The molecule has 3 rings (SSSR count). The number of alkyl halides is 3. The Bertz CT molecular complexity index is 982. The van der Waals surface area contributed by atoms with E-state index in [0.717, 1.165) is 11.6 Å². The summed E-state index contributed by atoms with van der Waals surface area (Å²) in [4.78, 5) is 15.6. The number of aromatic nitrogens is 4. The topological polar surface area (TPSA) is 75.6 Å². The minimum absolute atomic E-state index is 0.0659. The van der Waals surface area contributed by atoms with Crippen molar-refractivity contribution in [1.29, 1.82) is 0 Å². The van der Waals surface area contributed by atoms with Gasteiger partial charge in [-0.05, 0) is 41.4 Å². The lowest BCUT2D eigenvalue weighted by Gasteiger charge is -2.12. The van der Waals surface area contributed by atoms with E-state index in [-0.39, 0.29) is 22.9 Å². The van der Waals surface area contributed by atoms with Crippen molar-refractivity contribution in [2.24, 2.45) is 0 Å². The van der Waals surface area contributed by atoms with Gasteiger partial charge in [0.15, 0.2) is 0 Å². The van der Waals surface area contributed by atoms with E-state index in [2.05, 4.69) is 30.6 Å². The summed E-state index contributed by atoms with van der Waals surface area (Å²) in [5.74, 6) is -1.42. The van der Waals surface area contributed by atoms with E-state index in [1.165, 1.54) is 0 Å². The third-order valence-corrected chi connectivity index (χ3v) is 3.77. The summed E-state index contributed by atoms with van der Waals surface area (Å²) in [5, 5.41) is 5.59. The van der Waals surface area contributed by atoms with Gasteiger partial charge in [0.05, 0.1) is 5.56 Å². The smallest absolute Gasteiger partial charge is 0.350 e. The Labute approximate surface area is 166 Å². The molecule has 28 heavy (non-hydrogen) atoms. The Hall–Kier alpha value is -2.72. The monoisotopic (exact) mass is 432 g/mol. The summed E-state index contributed by atoms with van der Waals surface area (Å²) in [6, 6.07) is 5.77. The molecule has 2 aromatic heterocycles. The third kappa shape index (κ3) is 5.17. The van der Waals surface area contributed by atoms with E-state index in [0.29, 0.717) is 23.8 Å². The van der Waals surface area contributed by atoms with Crippen LogP contribution in [0.2, 0.25) is 10.4 Å². The molecular weight excluding hydrogens is 423 g/mol. The summed E-state index contributed by atoms with van der Waals surface area (Å²) in [7, 11) is 0. The van der Waals surface area contributed by atoms with E-state index < -0.39 is 17.6 Å². The predicted molar refractivity (Wildman–Crippen MR) is 96.1 cm³/mol. The SMILES string of the molecule is Fc1ccc(Nc2nc(Cl)nc(NCc3ccc(Cl)nc3)n2)cc1C(F)(F)F. The molecule has 0 aliphatic heterocycles. The molecule has 0 aliphatic carbocycles. The van der Waals surface area contributed by atoms with Crippen molar-refractivity contribution in [2.75, 3.05) is 10.6 Å². The van der Waals surface area contributed by atoms with Crippen LogP contribution >= 0.6 is 23.2 Å². The normalized spacial score (nSPS) is 11.4. The summed E-state index contributed by atoms with van der Waals surface area (Å²) in [6.07, 6.45) is -3.29. The number of nitrogens with zero attached hydrogens (tertiary/aromatic N) is 4. The highest BCUT2D eigenvalue weighted by Crippen LogP contribution is 2.33. The molecule has 0 aliphatic rings. The van der Waals surface area contributed by atoms with Crippen molar-refractivity contribution in [3.05, 3.63) is 63.9 Å². The van der Waals surface area contributed by atoms with Crippen LogP contribution < -0.4 is 10.6 Å². The van der Waals surface area contributed by atoms with E-state index >= 15 is 0 Å². The lowest BCUT2D eigenvalue weighted by atomic mass is 10.2. The number of rotatable bonds is 5. The van der Waals surface area contributed by atoms with Gasteiger partial charge in [0.1, 0.15) is 11.0 Å². The van der Waals surface area contributed by atoms with Crippen LogP contribution in [0, 0.1) is 5.82 Å². The van der Waals surface area contributed by atoms with Crippen molar-refractivity contribution in [1.82, 2.24) is 19.9 Å². The van der Waals surface area contributed by atoms with Gasteiger partial charge in [-0.2, -0.15) is 28.1 Å². The maximum atomic E-state index is 13.4. The molecule has 146 valence electrons. The average Bonchev–Trinajstić information content (AvgIpc) is 2.61. The standard InChI is InChI=1S/C16H10Cl2F4N6/c17-12-4-1-8(6-23-12)7-24-14-26-13(18)27-15(28-14)25-9-2-3-11(19)10(5-9)16(20,21)22/h1-6H,7H2,(H2,24,25,26,27,28). The molecule has 6 nitrogen and oxygen atoms in total. The average molecular weight is 433 g/mol. The summed E-state index contributed by atoms with van der Waals surface area (Å²) >= 11 is 11.5. The number of nitrogens with one attached hydrogen (secondary N) is 2. The fraction of sp³-hybridized carbons (Fsp3) is 0.125. The van der Waals surface area contributed by atoms with Crippen LogP contribution in [-0.2, 0) is 12.7 Å². The van der Waals surface area contributed by atoms with Gasteiger partial charge in [0, 0.05) is 18.4 Å². The van der Waals surface area contributed by atoms with Gasteiger partial charge in [-0.3, -0.25) is 0 Å². The molecule has 3 aromatic rings. The van der Waals surface area contributed by atoms with E-state index in [9.17, 15) is 17.6 Å². The first-order valence-corrected chi connectivity index (χ1v) is 8.36. The van der Waals surface area contributed by atoms with E-state index in [4.69, 9.17) is 23.2 Å². The quantitative estimate of drug-likeness (QED) is 0.432. The van der Waals surface area contributed by atoms with Gasteiger partial charge in [0.25, 0.3) is 0 Å². The van der Waals surface area contributed by atoms with Crippen LogP contribution in [-0.4, -0.2) is 19.9 Å². The number of anilines is 3. The first kappa shape index (κ1) is 20.0. The second-order valence-electron chi connectivity index (χ2n) is 5.41. The molecule has 2 heterocycles. The van der Waals surface area contributed by atoms with Gasteiger partial charge in [-0.1, -0.05) is 17.7 Å². The van der Waals surface area contributed by atoms with Gasteiger partial charge in [0.2, 0.25) is 17.2 Å². The maximum Gasteiger partial charge on any atom is 0.419 e. The predicted octanol–water partition coefficient (Wildman–Crippen LogP) is 5.09. The van der Waals surface area contributed by atoms with Crippen molar-refractivity contribution < 1.29 is 17.6 Å². The summed E-state index contributed by atoms with van der Waals surface area (Å²) < 4.78 is 51.9. The van der Waals surface area contributed by atoms with E-state index in [1.54, 1.807) is 18.3 Å². The molecule has 12 heteroatoms. The zero-order valence-corrected chi connectivity index (χ0v) is 15.2. The summed E-state index contributed by atoms with van der Waals surface area (Å²) in [6.45, 7) is 0.290. The molecular formula is C16H10Cl2F4N6. The lowest BCUT2D eigenvalue weighted by Crippen LogP contribution is -2.10. The van der Waals surface area contributed by atoms with Gasteiger partial charge < -0.3 is 10.6 Å². The molecule has 0 spiro atoms.